The number of rotatable bonds is 6. The van der Waals surface area contributed by atoms with Gasteiger partial charge >= 0.3 is 5.97 Å². The average Bonchev–Trinajstić information content (AvgIpc) is 2.61. The summed E-state index contributed by atoms with van der Waals surface area (Å²) in [7, 11) is 0. The zero-order valence-electron chi connectivity index (χ0n) is 9.43. The molecule has 0 fully saturated rings. The third-order valence-electron chi connectivity index (χ3n) is 2.28. The summed E-state index contributed by atoms with van der Waals surface area (Å²) in [6.07, 6.45) is 1.60. The minimum atomic E-state index is -0.992. The number of carboxylic acid groups (broad SMARTS) is 1. The SMILES string of the molecule is CC(O)CC(C)NCc1occc1C(=O)O. The second-order valence-corrected chi connectivity index (χ2v) is 3.93. The predicted octanol–water partition coefficient (Wildman–Crippen LogP) is 1.23. The maximum absolute atomic E-state index is 10.8. The van der Waals surface area contributed by atoms with Crippen molar-refractivity contribution in [3.05, 3.63) is 23.7 Å². The van der Waals surface area contributed by atoms with E-state index in [0.717, 1.165) is 0 Å². The summed E-state index contributed by atoms with van der Waals surface area (Å²) in [6.45, 7) is 3.99. The van der Waals surface area contributed by atoms with E-state index in [9.17, 15) is 4.79 Å². The van der Waals surface area contributed by atoms with Crippen LogP contribution < -0.4 is 5.32 Å². The molecule has 5 nitrogen and oxygen atoms in total. The number of aliphatic hydroxyl groups is 1. The van der Waals surface area contributed by atoms with Crippen LogP contribution in [0.15, 0.2) is 16.7 Å². The van der Waals surface area contributed by atoms with Crippen molar-refractivity contribution in [3.8, 4) is 0 Å². The molecule has 3 N–H and O–H groups in total. The summed E-state index contributed by atoms with van der Waals surface area (Å²) in [5.41, 5.74) is 0.178. The predicted molar refractivity (Wildman–Crippen MR) is 58.3 cm³/mol. The maximum atomic E-state index is 10.8. The fourth-order valence-electron chi connectivity index (χ4n) is 1.53. The van der Waals surface area contributed by atoms with Crippen molar-refractivity contribution in [1.82, 2.24) is 5.32 Å². The number of furan rings is 1. The number of hydrogen-bond acceptors (Lipinski definition) is 4. The third-order valence-corrected chi connectivity index (χ3v) is 2.28. The van der Waals surface area contributed by atoms with Gasteiger partial charge < -0.3 is 19.9 Å². The van der Waals surface area contributed by atoms with E-state index in [2.05, 4.69) is 5.32 Å². The minimum absolute atomic E-state index is 0.103. The summed E-state index contributed by atoms with van der Waals surface area (Å²) >= 11 is 0. The van der Waals surface area contributed by atoms with Crippen LogP contribution in [-0.2, 0) is 6.54 Å². The zero-order chi connectivity index (χ0) is 12.1. The Morgan fingerprint density at radius 1 is 1.56 bits per heavy atom. The molecule has 0 saturated carbocycles. The van der Waals surface area contributed by atoms with Crippen molar-refractivity contribution < 1.29 is 19.4 Å². The van der Waals surface area contributed by atoms with Gasteiger partial charge in [0.25, 0.3) is 0 Å². The van der Waals surface area contributed by atoms with Gasteiger partial charge in [-0.05, 0) is 26.3 Å². The second-order valence-electron chi connectivity index (χ2n) is 3.93. The molecule has 0 aliphatic rings. The van der Waals surface area contributed by atoms with Gasteiger partial charge in [0.05, 0.1) is 18.9 Å². The zero-order valence-corrected chi connectivity index (χ0v) is 9.43. The fraction of sp³-hybridized carbons (Fsp3) is 0.545. The van der Waals surface area contributed by atoms with Crippen molar-refractivity contribution in [2.45, 2.75) is 39.0 Å². The van der Waals surface area contributed by atoms with E-state index in [4.69, 9.17) is 14.6 Å². The fourth-order valence-corrected chi connectivity index (χ4v) is 1.53. The summed E-state index contributed by atoms with van der Waals surface area (Å²) in [4.78, 5) is 10.8. The molecule has 0 spiro atoms. The number of carboxylic acids is 1. The normalized spacial score (nSPS) is 14.7. The standard InChI is InChI=1S/C11H17NO4/c1-7(5-8(2)13)12-6-10-9(11(14)15)3-4-16-10/h3-4,7-8,12-13H,5-6H2,1-2H3,(H,14,15). The molecule has 16 heavy (non-hydrogen) atoms. The number of hydrogen-bond donors (Lipinski definition) is 3. The molecule has 0 aliphatic carbocycles. The Morgan fingerprint density at radius 2 is 2.25 bits per heavy atom. The Kier molecular flexibility index (Phi) is 4.52. The average molecular weight is 227 g/mol. The van der Waals surface area contributed by atoms with Crippen molar-refractivity contribution in [2.75, 3.05) is 0 Å². The van der Waals surface area contributed by atoms with Crippen LogP contribution >= 0.6 is 0 Å². The molecule has 0 radical (unpaired) electrons. The summed E-state index contributed by atoms with van der Waals surface area (Å²) < 4.78 is 5.08. The van der Waals surface area contributed by atoms with Crippen LogP contribution in [0.5, 0.6) is 0 Å². The molecule has 5 heteroatoms. The van der Waals surface area contributed by atoms with Crippen LogP contribution in [0.1, 0.15) is 36.4 Å². The highest BCUT2D eigenvalue weighted by atomic mass is 16.4. The van der Waals surface area contributed by atoms with Gasteiger partial charge in [0, 0.05) is 6.04 Å². The quantitative estimate of drug-likeness (QED) is 0.680. The van der Waals surface area contributed by atoms with Gasteiger partial charge in [-0.3, -0.25) is 0 Å². The molecule has 0 aromatic carbocycles. The molecule has 1 aromatic rings. The number of aromatic carboxylic acids is 1. The van der Waals surface area contributed by atoms with Crippen molar-refractivity contribution in [1.29, 1.82) is 0 Å². The number of carbonyl (C=O) groups is 1. The lowest BCUT2D eigenvalue weighted by Crippen LogP contribution is -2.29. The minimum Gasteiger partial charge on any atom is -0.478 e. The van der Waals surface area contributed by atoms with Crippen LogP contribution in [0.25, 0.3) is 0 Å². The first-order valence-corrected chi connectivity index (χ1v) is 5.21. The van der Waals surface area contributed by atoms with Gasteiger partial charge in [0.2, 0.25) is 0 Å². The van der Waals surface area contributed by atoms with Crippen LogP contribution in [-0.4, -0.2) is 28.3 Å². The molecular formula is C11H17NO4. The van der Waals surface area contributed by atoms with Crippen LogP contribution in [0.2, 0.25) is 0 Å². The Morgan fingerprint density at radius 3 is 2.81 bits per heavy atom. The first kappa shape index (κ1) is 12.7. The second kappa shape index (κ2) is 5.67. The lowest BCUT2D eigenvalue weighted by Gasteiger charge is -2.14. The molecule has 0 aliphatic heterocycles. The van der Waals surface area contributed by atoms with Crippen LogP contribution in [0.3, 0.4) is 0 Å². The summed E-state index contributed by atoms with van der Waals surface area (Å²) in [5, 5.41) is 21.1. The maximum Gasteiger partial charge on any atom is 0.339 e. The third kappa shape index (κ3) is 3.67. The number of aliphatic hydroxyl groups excluding tert-OH is 1. The molecule has 1 heterocycles. The highest BCUT2D eigenvalue weighted by molar-refractivity contribution is 5.88. The van der Waals surface area contributed by atoms with Gasteiger partial charge in [0.15, 0.2) is 0 Å². The highest BCUT2D eigenvalue weighted by Crippen LogP contribution is 2.10. The lowest BCUT2D eigenvalue weighted by molar-refractivity contribution is 0.0694. The highest BCUT2D eigenvalue weighted by Gasteiger charge is 2.14. The van der Waals surface area contributed by atoms with E-state index in [1.54, 1.807) is 6.92 Å². The van der Waals surface area contributed by atoms with E-state index >= 15 is 0 Å². The molecule has 90 valence electrons. The Labute approximate surface area is 94.1 Å². The van der Waals surface area contributed by atoms with Crippen LogP contribution in [0, 0.1) is 0 Å². The van der Waals surface area contributed by atoms with E-state index in [1.165, 1.54) is 12.3 Å². The van der Waals surface area contributed by atoms with Crippen molar-refractivity contribution in [3.63, 3.8) is 0 Å². The molecule has 1 aromatic heterocycles. The van der Waals surface area contributed by atoms with Gasteiger partial charge in [-0.25, -0.2) is 4.79 Å². The Hall–Kier alpha value is -1.33. The molecule has 0 saturated heterocycles. The van der Waals surface area contributed by atoms with Gasteiger partial charge in [-0.1, -0.05) is 0 Å². The first-order chi connectivity index (χ1) is 7.50. The molecule has 2 unspecified atom stereocenters. The Balaban J connectivity index is 2.48. The molecule has 0 amide bonds. The molecular weight excluding hydrogens is 210 g/mol. The van der Waals surface area contributed by atoms with E-state index in [1.807, 2.05) is 6.92 Å². The van der Waals surface area contributed by atoms with E-state index in [0.29, 0.717) is 18.7 Å². The van der Waals surface area contributed by atoms with Crippen molar-refractivity contribution in [2.24, 2.45) is 0 Å². The van der Waals surface area contributed by atoms with E-state index < -0.39 is 5.97 Å². The first-order valence-electron chi connectivity index (χ1n) is 5.21. The topological polar surface area (TPSA) is 82.7 Å². The molecule has 1 rings (SSSR count). The molecule has 2 atom stereocenters. The smallest absolute Gasteiger partial charge is 0.339 e. The van der Waals surface area contributed by atoms with Crippen molar-refractivity contribution >= 4 is 5.97 Å². The van der Waals surface area contributed by atoms with Gasteiger partial charge in [0.1, 0.15) is 11.3 Å². The largest absolute Gasteiger partial charge is 0.478 e. The Bertz CT molecular complexity index is 346. The monoisotopic (exact) mass is 227 g/mol. The molecule has 0 bridgehead atoms. The lowest BCUT2D eigenvalue weighted by atomic mass is 10.1. The summed E-state index contributed by atoms with van der Waals surface area (Å²) in [6, 6.07) is 1.53. The van der Waals surface area contributed by atoms with Gasteiger partial charge in [-0.15, -0.1) is 0 Å². The van der Waals surface area contributed by atoms with E-state index in [-0.39, 0.29) is 17.7 Å². The summed E-state index contributed by atoms with van der Waals surface area (Å²) in [5.74, 6) is -0.585. The number of nitrogens with one attached hydrogen (secondary N) is 1. The van der Waals surface area contributed by atoms with Crippen LogP contribution in [0.4, 0.5) is 0 Å². The van der Waals surface area contributed by atoms with Gasteiger partial charge in [-0.2, -0.15) is 0 Å².